The summed E-state index contributed by atoms with van der Waals surface area (Å²) in [7, 11) is 0. The van der Waals surface area contributed by atoms with Gasteiger partial charge in [0, 0.05) is 18.2 Å². The number of hydrogen-bond acceptors (Lipinski definition) is 3. The third-order valence-electron chi connectivity index (χ3n) is 4.38. The van der Waals surface area contributed by atoms with Crippen LogP contribution in [0.2, 0.25) is 0 Å². The fraction of sp³-hybridized carbons (Fsp3) is 0.556. The zero-order chi connectivity index (χ0) is 16.8. The van der Waals surface area contributed by atoms with E-state index in [1.54, 1.807) is 24.3 Å². The van der Waals surface area contributed by atoms with Crippen LogP contribution in [0, 0.1) is 5.92 Å². The molecular formula is C18H26N2O3. The third kappa shape index (κ3) is 4.98. The van der Waals surface area contributed by atoms with Gasteiger partial charge in [-0.05, 0) is 43.9 Å². The second kappa shape index (κ2) is 7.99. The number of benzene rings is 1. The summed E-state index contributed by atoms with van der Waals surface area (Å²) in [4.78, 5) is 25.6. The molecule has 1 heterocycles. The summed E-state index contributed by atoms with van der Waals surface area (Å²) in [5, 5.41) is 0. The normalized spacial score (nSPS) is 21.6. The van der Waals surface area contributed by atoms with Crippen LogP contribution in [0.3, 0.4) is 0 Å². The second-order valence-corrected chi connectivity index (χ2v) is 6.42. The first-order valence-electron chi connectivity index (χ1n) is 8.29. The van der Waals surface area contributed by atoms with Crippen LogP contribution in [0.1, 0.15) is 49.9 Å². The number of carbonyl (C=O) groups is 2. The predicted molar refractivity (Wildman–Crippen MR) is 89.3 cm³/mol. The Hall–Kier alpha value is -2.04. The van der Waals surface area contributed by atoms with Crippen molar-refractivity contribution in [1.82, 2.24) is 4.90 Å². The summed E-state index contributed by atoms with van der Waals surface area (Å²) in [5.74, 6) is 0.764. The molecule has 1 saturated heterocycles. The standard InChI is InChI=1S/C18H26N2O3/c1-13-5-3-6-14(2)20(12-13)17(21)9-10-23-16-8-4-7-15(11-16)18(19)22/h4,7-8,11,13-14H,3,5-6,9-10,12H2,1-2H3,(H2,19,22)/t13-,14-/m0/s1. The topological polar surface area (TPSA) is 72.6 Å². The maximum atomic E-state index is 12.4. The van der Waals surface area contributed by atoms with E-state index in [1.807, 2.05) is 4.90 Å². The summed E-state index contributed by atoms with van der Waals surface area (Å²) >= 11 is 0. The molecule has 5 nitrogen and oxygen atoms in total. The van der Waals surface area contributed by atoms with Crippen molar-refractivity contribution in [3.8, 4) is 5.75 Å². The van der Waals surface area contributed by atoms with Crippen LogP contribution in [0.5, 0.6) is 5.75 Å². The van der Waals surface area contributed by atoms with Crippen molar-refractivity contribution in [2.45, 2.75) is 45.6 Å². The summed E-state index contributed by atoms with van der Waals surface area (Å²) < 4.78 is 5.60. The van der Waals surface area contributed by atoms with E-state index in [0.717, 1.165) is 13.0 Å². The quantitative estimate of drug-likeness (QED) is 0.907. The number of ether oxygens (including phenoxy) is 1. The van der Waals surface area contributed by atoms with E-state index in [9.17, 15) is 9.59 Å². The van der Waals surface area contributed by atoms with Gasteiger partial charge < -0.3 is 15.4 Å². The first-order chi connectivity index (χ1) is 11.0. The molecule has 1 aliphatic rings. The van der Waals surface area contributed by atoms with Gasteiger partial charge in [-0.3, -0.25) is 9.59 Å². The van der Waals surface area contributed by atoms with E-state index in [2.05, 4.69) is 13.8 Å². The lowest BCUT2D eigenvalue weighted by molar-refractivity contribution is -0.134. The maximum Gasteiger partial charge on any atom is 0.248 e. The lowest BCUT2D eigenvalue weighted by Gasteiger charge is -2.28. The van der Waals surface area contributed by atoms with Gasteiger partial charge in [-0.2, -0.15) is 0 Å². The third-order valence-corrected chi connectivity index (χ3v) is 4.38. The van der Waals surface area contributed by atoms with Gasteiger partial charge in [-0.25, -0.2) is 0 Å². The number of carbonyl (C=O) groups excluding carboxylic acids is 2. The Kier molecular flexibility index (Phi) is 6.02. The van der Waals surface area contributed by atoms with E-state index in [1.165, 1.54) is 12.8 Å². The summed E-state index contributed by atoms with van der Waals surface area (Å²) in [6.45, 7) is 5.45. The predicted octanol–water partition coefficient (Wildman–Crippen LogP) is 2.59. The number of nitrogens with zero attached hydrogens (tertiary/aromatic N) is 1. The van der Waals surface area contributed by atoms with Crippen molar-refractivity contribution < 1.29 is 14.3 Å². The van der Waals surface area contributed by atoms with Gasteiger partial charge in [-0.15, -0.1) is 0 Å². The van der Waals surface area contributed by atoms with Crippen LogP contribution >= 0.6 is 0 Å². The van der Waals surface area contributed by atoms with Crippen molar-refractivity contribution in [1.29, 1.82) is 0 Å². The molecule has 0 unspecified atom stereocenters. The second-order valence-electron chi connectivity index (χ2n) is 6.42. The molecule has 1 fully saturated rings. The highest BCUT2D eigenvalue weighted by molar-refractivity contribution is 5.93. The first kappa shape index (κ1) is 17.3. The number of hydrogen-bond donors (Lipinski definition) is 1. The van der Waals surface area contributed by atoms with Crippen molar-refractivity contribution in [2.24, 2.45) is 11.7 Å². The Morgan fingerprint density at radius 1 is 1.30 bits per heavy atom. The number of likely N-dealkylation sites (tertiary alicyclic amines) is 1. The Balaban J connectivity index is 1.86. The minimum Gasteiger partial charge on any atom is -0.493 e. The molecule has 0 radical (unpaired) electrons. The molecule has 1 aromatic rings. The number of rotatable bonds is 5. The molecule has 126 valence electrons. The molecule has 1 aliphatic heterocycles. The minimum atomic E-state index is -0.487. The fourth-order valence-electron chi connectivity index (χ4n) is 3.01. The Labute approximate surface area is 137 Å². The summed E-state index contributed by atoms with van der Waals surface area (Å²) in [5.41, 5.74) is 5.65. The van der Waals surface area contributed by atoms with Crippen molar-refractivity contribution in [2.75, 3.05) is 13.2 Å². The molecule has 5 heteroatoms. The first-order valence-corrected chi connectivity index (χ1v) is 8.29. The zero-order valence-corrected chi connectivity index (χ0v) is 14.0. The van der Waals surface area contributed by atoms with E-state index < -0.39 is 5.91 Å². The molecule has 2 atom stereocenters. The lowest BCUT2D eigenvalue weighted by atomic mass is 10.1. The smallest absolute Gasteiger partial charge is 0.248 e. The van der Waals surface area contributed by atoms with Gasteiger partial charge in [0.25, 0.3) is 0 Å². The van der Waals surface area contributed by atoms with Crippen LogP contribution in [-0.4, -0.2) is 35.9 Å². The monoisotopic (exact) mass is 318 g/mol. The average molecular weight is 318 g/mol. The number of nitrogens with two attached hydrogens (primary N) is 1. The van der Waals surface area contributed by atoms with Crippen LogP contribution in [0.15, 0.2) is 24.3 Å². The zero-order valence-electron chi connectivity index (χ0n) is 14.0. The molecule has 23 heavy (non-hydrogen) atoms. The molecule has 0 saturated carbocycles. The summed E-state index contributed by atoms with van der Waals surface area (Å²) in [6.07, 6.45) is 3.78. The average Bonchev–Trinajstić information content (AvgIpc) is 2.68. The molecule has 0 aliphatic carbocycles. The maximum absolute atomic E-state index is 12.4. The van der Waals surface area contributed by atoms with E-state index in [-0.39, 0.29) is 5.91 Å². The van der Waals surface area contributed by atoms with Crippen LogP contribution < -0.4 is 10.5 Å². The van der Waals surface area contributed by atoms with Crippen LogP contribution in [0.25, 0.3) is 0 Å². The van der Waals surface area contributed by atoms with Gasteiger partial charge in [-0.1, -0.05) is 19.4 Å². The molecular weight excluding hydrogens is 292 g/mol. The van der Waals surface area contributed by atoms with E-state index >= 15 is 0 Å². The molecule has 0 bridgehead atoms. The summed E-state index contributed by atoms with van der Waals surface area (Å²) in [6, 6.07) is 7.01. The molecule has 2 rings (SSSR count). The highest BCUT2D eigenvalue weighted by atomic mass is 16.5. The van der Waals surface area contributed by atoms with Gasteiger partial charge in [0.15, 0.2) is 0 Å². The Morgan fingerprint density at radius 3 is 2.83 bits per heavy atom. The van der Waals surface area contributed by atoms with E-state index in [4.69, 9.17) is 10.5 Å². The van der Waals surface area contributed by atoms with Gasteiger partial charge in [0.1, 0.15) is 5.75 Å². The Morgan fingerprint density at radius 2 is 2.09 bits per heavy atom. The van der Waals surface area contributed by atoms with Crippen molar-refractivity contribution in [3.05, 3.63) is 29.8 Å². The van der Waals surface area contributed by atoms with Crippen LogP contribution in [-0.2, 0) is 4.79 Å². The van der Waals surface area contributed by atoms with Gasteiger partial charge >= 0.3 is 0 Å². The van der Waals surface area contributed by atoms with Crippen molar-refractivity contribution in [3.63, 3.8) is 0 Å². The highest BCUT2D eigenvalue weighted by Gasteiger charge is 2.24. The molecule has 2 N–H and O–H groups in total. The van der Waals surface area contributed by atoms with Gasteiger partial charge in [0.2, 0.25) is 11.8 Å². The SMILES string of the molecule is C[C@H]1CCC[C@H](C)N(C(=O)CCOc2cccc(C(N)=O)c2)C1. The molecule has 0 spiro atoms. The lowest BCUT2D eigenvalue weighted by Crippen LogP contribution is -2.40. The Bertz CT molecular complexity index is 559. The molecule has 2 amide bonds. The number of primary amides is 1. The van der Waals surface area contributed by atoms with Crippen molar-refractivity contribution >= 4 is 11.8 Å². The minimum absolute atomic E-state index is 0.136. The molecule has 0 aromatic heterocycles. The van der Waals surface area contributed by atoms with Crippen LogP contribution in [0.4, 0.5) is 0 Å². The highest BCUT2D eigenvalue weighted by Crippen LogP contribution is 2.21. The van der Waals surface area contributed by atoms with E-state index in [0.29, 0.717) is 36.3 Å². The largest absolute Gasteiger partial charge is 0.493 e. The van der Waals surface area contributed by atoms with Gasteiger partial charge in [0.05, 0.1) is 13.0 Å². The fourth-order valence-corrected chi connectivity index (χ4v) is 3.01. The molecule has 1 aromatic carbocycles. The number of amides is 2.